The molecular formula is C31H39N3O4S. The Morgan fingerprint density at radius 2 is 1.62 bits per heavy atom. The van der Waals surface area contributed by atoms with Crippen molar-refractivity contribution in [2.24, 2.45) is 0 Å². The van der Waals surface area contributed by atoms with Crippen LogP contribution in [0.5, 0.6) is 0 Å². The van der Waals surface area contributed by atoms with E-state index in [0.717, 1.165) is 45.7 Å². The molecule has 0 radical (unpaired) electrons. The third-order valence-corrected chi connectivity index (χ3v) is 7.81. The Morgan fingerprint density at radius 1 is 0.923 bits per heavy atom. The van der Waals surface area contributed by atoms with Crippen LogP contribution in [0.1, 0.15) is 42.0 Å². The maximum Gasteiger partial charge on any atom is 0.244 e. The molecule has 0 aliphatic carbocycles. The van der Waals surface area contributed by atoms with Crippen LogP contribution < -0.4 is 9.62 Å². The van der Waals surface area contributed by atoms with E-state index >= 15 is 0 Å². The van der Waals surface area contributed by atoms with Gasteiger partial charge in [-0.15, -0.1) is 0 Å². The summed E-state index contributed by atoms with van der Waals surface area (Å²) in [5.74, 6) is -0.701. The van der Waals surface area contributed by atoms with Gasteiger partial charge in [0.1, 0.15) is 12.6 Å². The van der Waals surface area contributed by atoms with Gasteiger partial charge < -0.3 is 10.2 Å². The average Bonchev–Trinajstić information content (AvgIpc) is 2.90. The van der Waals surface area contributed by atoms with Gasteiger partial charge in [0.25, 0.3) is 0 Å². The zero-order valence-electron chi connectivity index (χ0n) is 23.3. The van der Waals surface area contributed by atoms with Crippen molar-refractivity contribution in [3.63, 3.8) is 0 Å². The SMILES string of the molecule is CCCCNC(=O)[C@H](Cc1ccccc1)N(Cc1ccccc1C)C(=O)CN(c1cccc(C)c1)S(C)(=O)=O. The van der Waals surface area contributed by atoms with Gasteiger partial charge in [-0.25, -0.2) is 8.42 Å². The molecule has 0 saturated heterocycles. The molecule has 39 heavy (non-hydrogen) atoms. The number of sulfonamides is 1. The summed E-state index contributed by atoms with van der Waals surface area (Å²) >= 11 is 0. The standard InChI is InChI=1S/C31H39N3O4S/c1-5-6-19-32-31(36)29(21-26-15-8-7-9-16-26)33(22-27-17-11-10-14-25(27)3)30(35)23-34(39(4,37)38)28-18-12-13-24(2)20-28/h7-18,20,29H,5-6,19,21-23H2,1-4H3,(H,32,36)/t29-/m0/s1. The summed E-state index contributed by atoms with van der Waals surface area (Å²) in [4.78, 5) is 29.2. The van der Waals surface area contributed by atoms with Crippen LogP contribution in [0.2, 0.25) is 0 Å². The first-order chi connectivity index (χ1) is 18.6. The van der Waals surface area contributed by atoms with Gasteiger partial charge in [0.05, 0.1) is 11.9 Å². The molecule has 7 nitrogen and oxygen atoms in total. The van der Waals surface area contributed by atoms with Crippen LogP contribution in [0, 0.1) is 13.8 Å². The number of benzene rings is 3. The van der Waals surface area contributed by atoms with Gasteiger partial charge in [-0.05, 0) is 54.7 Å². The Hall–Kier alpha value is -3.65. The van der Waals surface area contributed by atoms with Crippen LogP contribution in [0.3, 0.4) is 0 Å². The number of carbonyl (C=O) groups excluding carboxylic acids is 2. The summed E-state index contributed by atoms with van der Waals surface area (Å²) in [6, 6.07) is 23.5. The molecule has 0 unspecified atom stereocenters. The number of hydrogen-bond donors (Lipinski definition) is 1. The molecule has 0 fully saturated rings. The summed E-state index contributed by atoms with van der Waals surface area (Å²) in [6.07, 6.45) is 3.15. The van der Waals surface area contributed by atoms with E-state index in [2.05, 4.69) is 5.32 Å². The van der Waals surface area contributed by atoms with E-state index in [1.807, 2.05) is 81.4 Å². The molecule has 3 aromatic rings. The Kier molecular flexibility index (Phi) is 10.7. The monoisotopic (exact) mass is 549 g/mol. The topological polar surface area (TPSA) is 86.8 Å². The lowest BCUT2D eigenvalue weighted by Crippen LogP contribution is -2.53. The summed E-state index contributed by atoms with van der Waals surface area (Å²) in [5.41, 5.74) is 4.08. The quantitative estimate of drug-likeness (QED) is 0.315. The molecule has 8 heteroatoms. The van der Waals surface area contributed by atoms with E-state index in [1.54, 1.807) is 18.2 Å². The third-order valence-electron chi connectivity index (χ3n) is 6.67. The fourth-order valence-electron chi connectivity index (χ4n) is 4.43. The molecule has 0 aromatic heterocycles. The van der Waals surface area contributed by atoms with Crippen molar-refractivity contribution < 1.29 is 18.0 Å². The minimum absolute atomic E-state index is 0.176. The second-order valence-electron chi connectivity index (χ2n) is 9.91. The van der Waals surface area contributed by atoms with Gasteiger partial charge in [0, 0.05) is 19.5 Å². The highest BCUT2D eigenvalue weighted by atomic mass is 32.2. The molecule has 1 atom stereocenters. The molecule has 3 aromatic carbocycles. The number of rotatable bonds is 13. The largest absolute Gasteiger partial charge is 0.354 e. The summed E-state index contributed by atoms with van der Waals surface area (Å²) in [7, 11) is -3.78. The summed E-state index contributed by atoms with van der Waals surface area (Å²) < 4.78 is 26.8. The van der Waals surface area contributed by atoms with Crippen LogP contribution >= 0.6 is 0 Å². The molecule has 208 valence electrons. The van der Waals surface area contributed by atoms with E-state index in [0.29, 0.717) is 18.7 Å². The number of unbranched alkanes of at least 4 members (excludes halogenated alkanes) is 1. The van der Waals surface area contributed by atoms with Crippen LogP contribution in [-0.4, -0.2) is 50.5 Å². The predicted molar refractivity (Wildman–Crippen MR) is 157 cm³/mol. The molecule has 0 aliphatic rings. The van der Waals surface area contributed by atoms with Crippen molar-refractivity contribution in [3.8, 4) is 0 Å². The molecule has 2 amide bonds. The number of amides is 2. The predicted octanol–water partition coefficient (Wildman–Crippen LogP) is 4.63. The smallest absolute Gasteiger partial charge is 0.244 e. The first-order valence-corrected chi connectivity index (χ1v) is 15.1. The molecule has 0 aliphatic heterocycles. The number of nitrogens with zero attached hydrogens (tertiary/aromatic N) is 2. The lowest BCUT2D eigenvalue weighted by Gasteiger charge is -2.34. The van der Waals surface area contributed by atoms with Crippen molar-refractivity contribution >= 4 is 27.5 Å². The zero-order chi connectivity index (χ0) is 28.4. The van der Waals surface area contributed by atoms with Crippen LogP contribution in [0.4, 0.5) is 5.69 Å². The zero-order valence-corrected chi connectivity index (χ0v) is 24.1. The van der Waals surface area contributed by atoms with Crippen molar-refractivity contribution in [2.75, 3.05) is 23.7 Å². The van der Waals surface area contributed by atoms with Gasteiger partial charge in [-0.2, -0.15) is 0 Å². The Labute approximate surface area is 232 Å². The Balaban J connectivity index is 2.04. The number of aryl methyl sites for hydroxylation is 2. The fraction of sp³-hybridized carbons (Fsp3) is 0.355. The minimum Gasteiger partial charge on any atom is -0.354 e. The Bertz CT molecular complexity index is 1360. The molecule has 0 heterocycles. The number of hydrogen-bond acceptors (Lipinski definition) is 4. The third kappa shape index (κ3) is 8.68. The minimum atomic E-state index is -3.78. The first-order valence-electron chi connectivity index (χ1n) is 13.3. The van der Waals surface area contributed by atoms with Crippen molar-refractivity contribution in [1.29, 1.82) is 0 Å². The first kappa shape index (κ1) is 29.9. The van der Waals surface area contributed by atoms with Crippen molar-refractivity contribution in [3.05, 3.63) is 101 Å². The van der Waals surface area contributed by atoms with Gasteiger partial charge >= 0.3 is 0 Å². The van der Waals surface area contributed by atoms with E-state index in [4.69, 9.17) is 0 Å². The maximum absolute atomic E-state index is 14.1. The highest BCUT2D eigenvalue weighted by Crippen LogP contribution is 2.22. The van der Waals surface area contributed by atoms with Gasteiger partial charge in [0.15, 0.2) is 0 Å². The number of anilines is 1. The normalized spacial score (nSPS) is 12.0. The second-order valence-corrected chi connectivity index (χ2v) is 11.8. The lowest BCUT2D eigenvalue weighted by atomic mass is 10.0. The molecule has 1 N–H and O–H groups in total. The van der Waals surface area contributed by atoms with Crippen LogP contribution in [0.25, 0.3) is 0 Å². The highest BCUT2D eigenvalue weighted by Gasteiger charge is 2.33. The Morgan fingerprint density at radius 3 is 2.26 bits per heavy atom. The van der Waals surface area contributed by atoms with E-state index in [1.165, 1.54) is 4.90 Å². The molecular weight excluding hydrogens is 510 g/mol. The molecule has 0 bridgehead atoms. The van der Waals surface area contributed by atoms with Crippen molar-refractivity contribution in [2.45, 2.75) is 52.6 Å². The number of carbonyl (C=O) groups is 2. The van der Waals surface area contributed by atoms with Crippen molar-refractivity contribution in [1.82, 2.24) is 10.2 Å². The highest BCUT2D eigenvalue weighted by molar-refractivity contribution is 7.92. The lowest BCUT2D eigenvalue weighted by molar-refractivity contribution is -0.140. The van der Waals surface area contributed by atoms with E-state index < -0.39 is 28.5 Å². The van der Waals surface area contributed by atoms with Crippen LogP contribution in [-0.2, 0) is 32.6 Å². The maximum atomic E-state index is 14.1. The molecule has 0 saturated carbocycles. The summed E-state index contributed by atoms with van der Waals surface area (Å²) in [5, 5.41) is 3.00. The fourth-order valence-corrected chi connectivity index (χ4v) is 5.27. The van der Waals surface area contributed by atoms with E-state index in [-0.39, 0.29) is 12.5 Å². The van der Waals surface area contributed by atoms with Crippen LogP contribution in [0.15, 0.2) is 78.9 Å². The van der Waals surface area contributed by atoms with Gasteiger partial charge in [-0.1, -0.05) is 80.1 Å². The molecule has 0 spiro atoms. The van der Waals surface area contributed by atoms with Gasteiger partial charge in [0.2, 0.25) is 21.8 Å². The molecule has 3 rings (SSSR count). The summed E-state index contributed by atoms with van der Waals surface area (Å²) in [6.45, 7) is 6.14. The van der Waals surface area contributed by atoms with E-state index in [9.17, 15) is 18.0 Å². The average molecular weight is 550 g/mol. The van der Waals surface area contributed by atoms with Gasteiger partial charge in [-0.3, -0.25) is 13.9 Å². The second kappa shape index (κ2) is 13.9. The number of nitrogens with one attached hydrogen (secondary N) is 1.